The van der Waals surface area contributed by atoms with Gasteiger partial charge in [-0.3, -0.25) is 4.79 Å². The Bertz CT molecular complexity index is 832. The number of esters is 1. The fourth-order valence-electron chi connectivity index (χ4n) is 3.15. The lowest BCUT2D eigenvalue weighted by Gasteiger charge is -2.17. The molecule has 160 valence electrons. The van der Waals surface area contributed by atoms with E-state index in [0.717, 1.165) is 25.2 Å². The number of rotatable bonds is 10. The number of nitrogens with zero attached hydrogens (tertiary/aromatic N) is 1. The first kappa shape index (κ1) is 21.5. The van der Waals surface area contributed by atoms with E-state index in [4.69, 9.17) is 14.2 Å². The highest BCUT2D eigenvalue weighted by molar-refractivity contribution is 5.93. The van der Waals surface area contributed by atoms with Gasteiger partial charge in [-0.1, -0.05) is 19.1 Å². The SMILES string of the molecule is CCCOc1ccccc1OCC(=O)OCC(=O)Nc1ccc(N2CCCC2)cc1. The van der Waals surface area contributed by atoms with Crippen molar-refractivity contribution in [1.29, 1.82) is 0 Å². The van der Waals surface area contributed by atoms with Gasteiger partial charge in [-0.15, -0.1) is 0 Å². The molecule has 1 aliphatic heterocycles. The van der Waals surface area contributed by atoms with Crippen LogP contribution in [0.3, 0.4) is 0 Å². The standard InChI is InChI=1S/C23H28N2O5/c1-2-15-28-20-7-3-4-8-21(20)29-17-23(27)30-16-22(26)24-18-9-11-19(12-10-18)25-13-5-6-14-25/h3-4,7-12H,2,5-6,13-17H2,1H3,(H,24,26). The predicted molar refractivity (Wildman–Crippen MR) is 115 cm³/mol. The number of carbonyl (C=O) groups excluding carboxylic acids is 2. The predicted octanol–water partition coefficient (Wildman–Crippen LogP) is 3.64. The number of ether oxygens (including phenoxy) is 3. The topological polar surface area (TPSA) is 77.1 Å². The Balaban J connectivity index is 1.40. The molecule has 2 aromatic rings. The summed E-state index contributed by atoms with van der Waals surface area (Å²) in [5, 5.41) is 2.73. The van der Waals surface area contributed by atoms with Gasteiger partial charge in [-0.05, 0) is 55.7 Å². The van der Waals surface area contributed by atoms with Crippen molar-refractivity contribution in [2.75, 3.05) is 43.1 Å². The monoisotopic (exact) mass is 412 g/mol. The second-order valence-electron chi connectivity index (χ2n) is 7.03. The highest BCUT2D eigenvalue weighted by Gasteiger charge is 2.13. The van der Waals surface area contributed by atoms with Crippen LogP contribution in [0.1, 0.15) is 26.2 Å². The zero-order valence-electron chi connectivity index (χ0n) is 17.3. The molecule has 0 aliphatic carbocycles. The number of hydrogen-bond acceptors (Lipinski definition) is 6. The van der Waals surface area contributed by atoms with Crippen molar-refractivity contribution in [2.24, 2.45) is 0 Å². The van der Waals surface area contributed by atoms with Crippen LogP contribution in [0.15, 0.2) is 48.5 Å². The van der Waals surface area contributed by atoms with Gasteiger partial charge in [0.15, 0.2) is 24.7 Å². The number of carbonyl (C=O) groups is 2. The van der Waals surface area contributed by atoms with Crippen molar-refractivity contribution in [3.8, 4) is 11.5 Å². The van der Waals surface area contributed by atoms with Crippen molar-refractivity contribution >= 4 is 23.3 Å². The van der Waals surface area contributed by atoms with Crippen molar-refractivity contribution in [1.82, 2.24) is 0 Å². The summed E-state index contributed by atoms with van der Waals surface area (Å²) in [6, 6.07) is 14.8. The minimum absolute atomic E-state index is 0.301. The van der Waals surface area contributed by atoms with Crippen LogP contribution in [-0.2, 0) is 14.3 Å². The molecule has 30 heavy (non-hydrogen) atoms. The Morgan fingerprint density at radius 3 is 2.27 bits per heavy atom. The lowest BCUT2D eigenvalue weighted by Crippen LogP contribution is -2.23. The number of para-hydroxylation sites is 2. The van der Waals surface area contributed by atoms with Gasteiger partial charge in [0, 0.05) is 24.5 Å². The third-order valence-corrected chi connectivity index (χ3v) is 4.64. The summed E-state index contributed by atoms with van der Waals surface area (Å²) in [5.41, 5.74) is 1.81. The maximum Gasteiger partial charge on any atom is 0.344 e. The summed E-state index contributed by atoms with van der Waals surface area (Å²) in [7, 11) is 0. The van der Waals surface area contributed by atoms with Crippen LogP contribution < -0.4 is 19.7 Å². The first-order valence-corrected chi connectivity index (χ1v) is 10.3. The number of anilines is 2. The fraction of sp³-hybridized carbons (Fsp3) is 0.391. The highest BCUT2D eigenvalue weighted by Crippen LogP contribution is 2.26. The zero-order chi connectivity index (χ0) is 21.2. The van der Waals surface area contributed by atoms with E-state index in [-0.39, 0.29) is 13.2 Å². The molecule has 0 radical (unpaired) electrons. The van der Waals surface area contributed by atoms with Gasteiger partial charge in [-0.2, -0.15) is 0 Å². The van der Waals surface area contributed by atoms with Crippen molar-refractivity contribution in [3.05, 3.63) is 48.5 Å². The molecule has 0 atom stereocenters. The van der Waals surface area contributed by atoms with E-state index in [2.05, 4.69) is 10.2 Å². The molecule has 0 aromatic heterocycles. The van der Waals surface area contributed by atoms with E-state index >= 15 is 0 Å². The van der Waals surface area contributed by atoms with Crippen molar-refractivity contribution in [2.45, 2.75) is 26.2 Å². The smallest absolute Gasteiger partial charge is 0.344 e. The molecule has 1 aliphatic rings. The molecule has 1 fully saturated rings. The van der Waals surface area contributed by atoms with E-state index in [0.29, 0.717) is 23.8 Å². The van der Waals surface area contributed by atoms with E-state index < -0.39 is 11.9 Å². The number of nitrogens with one attached hydrogen (secondary N) is 1. The van der Waals surface area contributed by atoms with E-state index in [1.165, 1.54) is 12.8 Å². The molecule has 2 aromatic carbocycles. The Morgan fingerprint density at radius 1 is 0.933 bits per heavy atom. The van der Waals surface area contributed by atoms with Crippen LogP contribution in [0.5, 0.6) is 11.5 Å². The summed E-state index contributed by atoms with van der Waals surface area (Å²) in [6.07, 6.45) is 3.29. The van der Waals surface area contributed by atoms with E-state index in [1.807, 2.05) is 37.3 Å². The third kappa shape index (κ3) is 6.40. The van der Waals surface area contributed by atoms with Crippen LogP contribution in [0.4, 0.5) is 11.4 Å². The van der Waals surface area contributed by atoms with Gasteiger partial charge in [0.2, 0.25) is 0 Å². The van der Waals surface area contributed by atoms with Crippen LogP contribution in [0, 0.1) is 0 Å². The average Bonchev–Trinajstić information content (AvgIpc) is 3.31. The number of amides is 1. The summed E-state index contributed by atoms with van der Waals surface area (Å²) in [4.78, 5) is 26.3. The van der Waals surface area contributed by atoms with E-state index in [1.54, 1.807) is 18.2 Å². The lowest BCUT2D eigenvalue weighted by molar-refractivity contribution is -0.149. The van der Waals surface area contributed by atoms with Crippen LogP contribution in [0.25, 0.3) is 0 Å². The molecule has 0 unspecified atom stereocenters. The molecule has 1 amide bonds. The normalized spacial score (nSPS) is 13.0. The molecule has 0 saturated carbocycles. The molecule has 1 N–H and O–H groups in total. The number of hydrogen-bond donors (Lipinski definition) is 1. The molecule has 7 heteroatoms. The Hall–Kier alpha value is -3.22. The molecule has 0 bridgehead atoms. The molecule has 0 spiro atoms. The quantitative estimate of drug-likeness (QED) is 0.601. The Labute approximate surface area is 176 Å². The van der Waals surface area contributed by atoms with Crippen LogP contribution in [0.2, 0.25) is 0 Å². The summed E-state index contributed by atoms with van der Waals surface area (Å²) >= 11 is 0. The van der Waals surface area contributed by atoms with Crippen LogP contribution >= 0.6 is 0 Å². The second kappa shape index (κ2) is 11.1. The minimum atomic E-state index is -0.625. The van der Waals surface area contributed by atoms with E-state index in [9.17, 15) is 9.59 Å². The summed E-state index contributed by atoms with van der Waals surface area (Å²) in [6.45, 7) is 4.03. The molecule has 3 rings (SSSR count). The molecular weight excluding hydrogens is 384 g/mol. The molecule has 1 heterocycles. The Kier molecular flexibility index (Phi) is 7.94. The van der Waals surface area contributed by atoms with Gasteiger partial charge >= 0.3 is 5.97 Å². The van der Waals surface area contributed by atoms with Gasteiger partial charge < -0.3 is 24.4 Å². The van der Waals surface area contributed by atoms with Gasteiger partial charge in [0.25, 0.3) is 5.91 Å². The molecule has 7 nitrogen and oxygen atoms in total. The van der Waals surface area contributed by atoms with Gasteiger partial charge in [0.05, 0.1) is 6.61 Å². The Morgan fingerprint density at radius 2 is 1.60 bits per heavy atom. The second-order valence-corrected chi connectivity index (χ2v) is 7.03. The number of benzene rings is 2. The minimum Gasteiger partial charge on any atom is -0.490 e. The maximum absolute atomic E-state index is 12.0. The summed E-state index contributed by atoms with van der Waals surface area (Å²) < 4.78 is 16.1. The summed E-state index contributed by atoms with van der Waals surface area (Å²) in [5.74, 6) is 0.0106. The molecular formula is C23H28N2O5. The zero-order valence-corrected chi connectivity index (χ0v) is 17.3. The van der Waals surface area contributed by atoms with Crippen LogP contribution in [-0.4, -0.2) is 44.8 Å². The van der Waals surface area contributed by atoms with Crippen molar-refractivity contribution in [3.63, 3.8) is 0 Å². The largest absolute Gasteiger partial charge is 0.490 e. The van der Waals surface area contributed by atoms with Gasteiger partial charge in [0.1, 0.15) is 0 Å². The first-order chi connectivity index (χ1) is 14.7. The lowest BCUT2D eigenvalue weighted by atomic mass is 10.2. The highest BCUT2D eigenvalue weighted by atomic mass is 16.6. The maximum atomic E-state index is 12.0. The fourth-order valence-corrected chi connectivity index (χ4v) is 3.15. The third-order valence-electron chi connectivity index (χ3n) is 4.64. The van der Waals surface area contributed by atoms with Crippen molar-refractivity contribution < 1.29 is 23.8 Å². The average molecular weight is 412 g/mol. The molecule has 1 saturated heterocycles. The first-order valence-electron chi connectivity index (χ1n) is 10.3. The van der Waals surface area contributed by atoms with Gasteiger partial charge in [-0.25, -0.2) is 4.79 Å².